The molecule has 0 bridgehead atoms. The number of hydrogen-bond donors (Lipinski definition) is 3. The van der Waals surface area contributed by atoms with E-state index in [4.69, 9.17) is 21.1 Å². The van der Waals surface area contributed by atoms with Crippen molar-refractivity contribution in [1.82, 2.24) is 10.6 Å². The van der Waals surface area contributed by atoms with Crippen molar-refractivity contribution in [2.45, 2.75) is 26.0 Å². The molecule has 0 saturated heterocycles. The zero-order valence-corrected chi connectivity index (χ0v) is 17.0. The Balaban J connectivity index is 1.68. The summed E-state index contributed by atoms with van der Waals surface area (Å²) in [5.74, 6) is 1.86. The molecule has 27 heavy (non-hydrogen) atoms. The van der Waals surface area contributed by atoms with E-state index >= 15 is 0 Å². The van der Waals surface area contributed by atoms with Crippen LogP contribution in [0.25, 0.3) is 0 Å². The van der Waals surface area contributed by atoms with Crippen molar-refractivity contribution >= 4 is 28.9 Å². The minimum Gasteiger partial charge on any atom is -0.486 e. The number of ether oxygens (including phenoxy) is 2. The summed E-state index contributed by atoms with van der Waals surface area (Å²) in [6.45, 7) is 6.28. The smallest absolute Gasteiger partial charge is 0.191 e. The molecule has 6 nitrogen and oxygen atoms in total. The van der Waals surface area contributed by atoms with Gasteiger partial charge in [0.25, 0.3) is 0 Å². The number of thiophene rings is 1. The summed E-state index contributed by atoms with van der Waals surface area (Å²) in [7, 11) is 0. The third-order valence-electron chi connectivity index (χ3n) is 4.16. The Hall–Kier alpha value is -1.96. The Morgan fingerprint density at radius 1 is 1.33 bits per heavy atom. The van der Waals surface area contributed by atoms with Gasteiger partial charge < -0.3 is 25.2 Å². The van der Waals surface area contributed by atoms with Crippen LogP contribution in [-0.2, 0) is 12.1 Å². The van der Waals surface area contributed by atoms with E-state index in [0.717, 1.165) is 11.1 Å². The van der Waals surface area contributed by atoms with Crippen LogP contribution >= 0.6 is 22.9 Å². The average Bonchev–Trinajstić information content (AvgIpc) is 3.20. The highest BCUT2D eigenvalue weighted by Gasteiger charge is 2.23. The molecule has 0 radical (unpaired) electrons. The third-order valence-corrected chi connectivity index (χ3v) is 5.13. The summed E-state index contributed by atoms with van der Waals surface area (Å²) >= 11 is 7.85. The number of guanidine groups is 1. The Morgan fingerprint density at radius 2 is 2.15 bits per heavy atom. The Kier molecular flexibility index (Phi) is 6.46. The first-order valence-electron chi connectivity index (χ1n) is 8.85. The quantitative estimate of drug-likeness (QED) is 0.505. The molecule has 1 aliphatic rings. The first kappa shape index (κ1) is 19.8. The van der Waals surface area contributed by atoms with Crippen molar-refractivity contribution in [1.29, 1.82) is 0 Å². The fourth-order valence-corrected chi connectivity index (χ4v) is 3.77. The van der Waals surface area contributed by atoms with Crippen LogP contribution in [0.1, 0.15) is 25.0 Å². The lowest BCUT2D eigenvalue weighted by molar-refractivity contribution is 0.0621. The SMILES string of the molecule is CCNC(=NCc1cc(Cl)c2c(c1)OCCO2)NCC(C)(O)c1ccsc1. The average molecular weight is 410 g/mol. The highest BCUT2D eigenvalue weighted by molar-refractivity contribution is 7.08. The maximum Gasteiger partial charge on any atom is 0.191 e. The van der Waals surface area contributed by atoms with E-state index in [2.05, 4.69) is 15.6 Å². The van der Waals surface area contributed by atoms with E-state index in [1.165, 1.54) is 0 Å². The molecule has 2 aromatic rings. The number of aliphatic imine (C=N–C) groups is 1. The van der Waals surface area contributed by atoms with Crippen LogP contribution in [0, 0.1) is 0 Å². The molecule has 0 fully saturated rings. The van der Waals surface area contributed by atoms with E-state index < -0.39 is 5.60 Å². The number of benzene rings is 1. The van der Waals surface area contributed by atoms with E-state index in [-0.39, 0.29) is 0 Å². The second kappa shape index (κ2) is 8.82. The zero-order chi connectivity index (χ0) is 19.3. The second-order valence-electron chi connectivity index (χ2n) is 6.44. The van der Waals surface area contributed by atoms with Gasteiger partial charge in [-0.1, -0.05) is 11.6 Å². The Morgan fingerprint density at radius 3 is 2.89 bits per heavy atom. The van der Waals surface area contributed by atoms with Gasteiger partial charge in [0.2, 0.25) is 0 Å². The Labute approximate surface area is 168 Å². The van der Waals surface area contributed by atoms with Crippen LogP contribution in [0.3, 0.4) is 0 Å². The summed E-state index contributed by atoms with van der Waals surface area (Å²) in [6.07, 6.45) is 0. The van der Waals surface area contributed by atoms with Crippen molar-refractivity contribution in [3.05, 3.63) is 45.1 Å². The predicted molar refractivity (Wildman–Crippen MR) is 109 cm³/mol. The van der Waals surface area contributed by atoms with E-state index in [1.54, 1.807) is 18.3 Å². The summed E-state index contributed by atoms with van der Waals surface area (Å²) in [5.41, 5.74) is 0.830. The molecular formula is C19H24ClN3O3S. The number of nitrogens with zero attached hydrogens (tertiary/aromatic N) is 1. The van der Waals surface area contributed by atoms with Crippen molar-refractivity contribution < 1.29 is 14.6 Å². The third kappa shape index (κ3) is 5.06. The topological polar surface area (TPSA) is 75.1 Å². The van der Waals surface area contributed by atoms with Gasteiger partial charge in [0.15, 0.2) is 17.5 Å². The fourth-order valence-electron chi connectivity index (χ4n) is 2.70. The van der Waals surface area contributed by atoms with Crippen LogP contribution in [-0.4, -0.2) is 37.4 Å². The van der Waals surface area contributed by atoms with Crippen molar-refractivity contribution in [2.24, 2.45) is 4.99 Å². The lowest BCUT2D eigenvalue weighted by Gasteiger charge is -2.24. The molecule has 146 valence electrons. The summed E-state index contributed by atoms with van der Waals surface area (Å²) in [6, 6.07) is 5.66. The summed E-state index contributed by atoms with van der Waals surface area (Å²) < 4.78 is 11.2. The number of hydrogen-bond acceptors (Lipinski definition) is 5. The largest absolute Gasteiger partial charge is 0.486 e. The Bertz CT molecular complexity index is 794. The molecule has 0 aliphatic carbocycles. The molecule has 1 aromatic heterocycles. The summed E-state index contributed by atoms with van der Waals surface area (Å²) in [4.78, 5) is 4.59. The molecule has 0 amide bonds. The maximum atomic E-state index is 10.7. The van der Waals surface area contributed by atoms with E-state index in [9.17, 15) is 5.11 Å². The molecule has 8 heteroatoms. The lowest BCUT2D eigenvalue weighted by atomic mass is 9.99. The van der Waals surface area contributed by atoms with Crippen molar-refractivity contribution in [3.63, 3.8) is 0 Å². The first-order valence-corrected chi connectivity index (χ1v) is 10.2. The number of halogens is 1. The van der Waals surface area contributed by atoms with Gasteiger partial charge in [-0.25, -0.2) is 4.99 Å². The molecule has 1 atom stereocenters. The van der Waals surface area contributed by atoms with Gasteiger partial charge in [-0.15, -0.1) is 0 Å². The maximum absolute atomic E-state index is 10.7. The molecule has 0 saturated carbocycles. The van der Waals surface area contributed by atoms with E-state index in [0.29, 0.717) is 55.3 Å². The van der Waals surface area contributed by atoms with Gasteiger partial charge in [0.05, 0.1) is 18.1 Å². The molecule has 1 unspecified atom stereocenters. The normalized spacial score (nSPS) is 15.9. The van der Waals surface area contributed by atoms with Gasteiger partial charge in [-0.2, -0.15) is 11.3 Å². The number of aliphatic hydroxyl groups is 1. The highest BCUT2D eigenvalue weighted by atomic mass is 35.5. The van der Waals surface area contributed by atoms with Crippen molar-refractivity contribution in [3.8, 4) is 11.5 Å². The van der Waals surface area contributed by atoms with Crippen LogP contribution < -0.4 is 20.1 Å². The lowest BCUT2D eigenvalue weighted by Crippen LogP contribution is -2.44. The molecule has 1 aromatic carbocycles. The van der Waals surface area contributed by atoms with Crippen LogP contribution in [0.15, 0.2) is 34.0 Å². The van der Waals surface area contributed by atoms with Gasteiger partial charge in [0, 0.05) is 6.54 Å². The minimum absolute atomic E-state index is 0.345. The second-order valence-corrected chi connectivity index (χ2v) is 7.62. The van der Waals surface area contributed by atoms with Crippen LogP contribution in [0.4, 0.5) is 0 Å². The number of fused-ring (bicyclic) bond motifs is 1. The molecule has 0 spiro atoms. The zero-order valence-electron chi connectivity index (χ0n) is 15.4. The van der Waals surface area contributed by atoms with Gasteiger partial charge in [-0.3, -0.25) is 0 Å². The highest BCUT2D eigenvalue weighted by Crippen LogP contribution is 2.38. The first-order chi connectivity index (χ1) is 13.0. The molecule has 2 heterocycles. The van der Waals surface area contributed by atoms with Gasteiger partial charge in [0.1, 0.15) is 18.8 Å². The van der Waals surface area contributed by atoms with Crippen molar-refractivity contribution in [2.75, 3.05) is 26.3 Å². The standard InChI is InChI=1S/C19H24ClN3O3S/c1-3-21-18(23-12-19(2,24)14-4-7-27-11-14)22-10-13-8-15(20)17-16(9-13)25-5-6-26-17/h4,7-9,11,24H,3,5-6,10,12H2,1-2H3,(H2,21,22,23). The monoisotopic (exact) mass is 409 g/mol. The minimum atomic E-state index is -0.976. The van der Waals surface area contributed by atoms with Gasteiger partial charge in [-0.05, 0) is 53.9 Å². The fraction of sp³-hybridized carbons (Fsp3) is 0.421. The summed E-state index contributed by atoms with van der Waals surface area (Å²) in [5, 5.41) is 21.5. The van der Waals surface area contributed by atoms with E-state index in [1.807, 2.05) is 35.9 Å². The number of nitrogens with one attached hydrogen (secondary N) is 2. The molecule has 1 aliphatic heterocycles. The molecule has 3 rings (SSSR count). The van der Waals surface area contributed by atoms with Gasteiger partial charge >= 0.3 is 0 Å². The molecule has 3 N–H and O–H groups in total. The number of rotatable bonds is 6. The predicted octanol–water partition coefficient (Wildman–Crippen LogP) is 3.14. The van der Waals surface area contributed by atoms with Crippen LogP contribution in [0.5, 0.6) is 11.5 Å². The van der Waals surface area contributed by atoms with Crippen LogP contribution in [0.2, 0.25) is 5.02 Å². The molecular weight excluding hydrogens is 386 g/mol.